The van der Waals surface area contributed by atoms with Crippen LogP contribution >= 0.6 is 39.3 Å². The van der Waals surface area contributed by atoms with Gasteiger partial charge in [-0.3, -0.25) is 0 Å². The highest BCUT2D eigenvalue weighted by Crippen LogP contribution is 2.40. The Morgan fingerprint density at radius 3 is 2.56 bits per heavy atom. The van der Waals surface area contributed by atoms with Crippen LogP contribution in [0.1, 0.15) is 12.0 Å². The number of aryl methyl sites for hydroxylation is 1. The lowest BCUT2D eigenvalue weighted by Gasteiger charge is -2.09. The topological polar surface area (TPSA) is 0 Å². The van der Waals surface area contributed by atoms with Crippen LogP contribution in [0, 0.1) is 0 Å². The zero-order valence-corrected chi connectivity index (χ0v) is 11.3. The van der Waals surface area contributed by atoms with E-state index >= 15 is 0 Å². The minimum atomic E-state index is -4.29. The molecule has 0 aliphatic carbocycles. The SMILES string of the molecule is FC(F)(F)Sc1cc(CCCBr)ccc1Cl. The van der Waals surface area contributed by atoms with Crippen molar-refractivity contribution in [1.29, 1.82) is 0 Å². The molecule has 0 saturated heterocycles. The highest BCUT2D eigenvalue weighted by Gasteiger charge is 2.30. The molecule has 90 valence electrons. The van der Waals surface area contributed by atoms with E-state index in [0.717, 1.165) is 23.7 Å². The van der Waals surface area contributed by atoms with E-state index in [9.17, 15) is 13.2 Å². The summed E-state index contributed by atoms with van der Waals surface area (Å²) in [5, 5.41) is 0.974. The second-order valence-corrected chi connectivity index (χ2v) is 5.41. The third-order valence-electron chi connectivity index (χ3n) is 1.82. The Kier molecular flexibility index (Phi) is 5.47. The Bertz CT molecular complexity index is 354. The van der Waals surface area contributed by atoms with Crippen molar-refractivity contribution in [3.05, 3.63) is 28.8 Å². The maximum absolute atomic E-state index is 12.2. The molecule has 0 radical (unpaired) electrons. The third-order valence-corrected chi connectivity index (χ3v) is 3.61. The molecule has 1 rings (SSSR count). The minimum absolute atomic E-state index is 0.0706. The van der Waals surface area contributed by atoms with Gasteiger partial charge in [0.05, 0.1) is 5.02 Å². The molecular weight excluding hydrogens is 325 g/mol. The molecule has 0 amide bonds. The molecule has 0 heterocycles. The van der Waals surface area contributed by atoms with Gasteiger partial charge in [0.25, 0.3) is 0 Å². The number of thioether (sulfide) groups is 1. The van der Waals surface area contributed by atoms with Crippen LogP contribution in [0.2, 0.25) is 5.02 Å². The summed E-state index contributed by atoms with van der Waals surface area (Å²) in [5.74, 6) is 0. The van der Waals surface area contributed by atoms with E-state index in [-0.39, 0.29) is 21.7 Å². The number of benzene rings is 1. The number of hydrogen-bond acceptors (Lipinski definition) is 1. The number of rotatable bonds is 4. The second-order valence-electron chi connectivity index (χ2n) is 3.11. The first kappa shape index (κ1) is 14.2. The van der Waals surface area contributed by atoms with Crippen molar-refractivity contribution in [1.82, 2.24) is 0 Å². The van der Waals surface area contributed by atoms with Crippen molar-refractivity contribution < 1.29 is 13.2 Å². The summed E-state index contributed by atoms with van der Waals surface area (Å²) in [4.78, 5) is 0.0706. The molecule has 0 saturated carbocycles. The summed E-state index contributed by atoms with van der Waals surface area (Å²) >= 11 is 8.81. The molecule has 0 aliphatic rings. The molecule has 0 atom stereocenters. The lowest BCUT2D eigenvalue weighted by Crippen LogP contribution is -2.00. The van der Waals surface area contributed by atoms with Gasteiger partial charge in [-0.15, -0.1) is 0 Å². The normalized spacial score (nSPS) is 11.8. The first-order chi connectivity index (χ1) is 7.42. The standard InChI is InChI=1S/C10H9BrClF3S/c11-5-1-2-7-3-4-8(12)9(6-7)16-10(13,14)15/h3-4,6H,1-2,5H2. The largest absolute Gasteiger partial charge is 0.446 e. The molecule has 1 aromatic carbocycles. The first-order valence-electron chi connectivity index (χ1n) is 4.52. The third kappa shape index (κ3) is 4.97. The molecule has 0 fully saturated rings. The van der Waals surface area contributed by atoms with Crippen LogP contribution in [-0.2, 0) is 6.42 Å². The summed E-state index contributed by atoms with van der Waals surface area (Å²) in [5.41, 5.74) is -3.42. The molecule has 0 nitrogen and oxygen atoms in total. The van der Waals surface area contributed by atoms with E-state index in [1.54, 1.807) is 6.07 Å². The van der Waals surface area contributed by atoms with Gasteiger partial charge < -0.3 is 0 Å². The molecule has 0 N–H and O–H groups in total. The van der Waals surface area contributed by atoms with Crippen molar-refractivity contribution in [2.75, 3.05) is 5.33 Å². The lowest BCUT2D eigenvalue weighted by atomic mass is 10.1. The van der Waals surface area contributed by atoms with Crippen molar-refractivity contribution in [2.24, 2.45) is 0 Å². The average molecular weight is 334 g/mol. The van der Waals surface area contributed by atoms with Gasteiger partial charge in [0.15, 0.2) is 0 Å². The number of halogens is 5. The Morgan fingerprint density at radius 1 is 1.31 bits per heavy atom. The predicted molar refractivity (Wildman–Crippen MR) is 65.5 cm³/mol. The van der Waals surface area contributed by atoms with Gasteiger partial charge in [0.1, 0.15) is 0 Å². The predicted octanol–water partition coefficient (Wildman–Crippen LogP) is 5.28. The molecule has 0 aromatic heterocycles. The summed E-state index contributed by atoms with van der Waals surface area (Å²) < 4.78 is 36.6. The molecule has 0 spiro atoms. The molecule has 1 aromatic rings. The zero-order valence-electron chi connectivity index (χ0n) is 8.15. The number of hydrogen-bond donors (Lipinski definition) is 0. The van der Waals surface area contributed by atoms with Gasteiger partial charge in [-0.2, -0.15) is 13.2 Å². The van der Waals surface area contributed by atoms with Gasteiger partial charge in [-0.25, -0.2) is 0 Å². The van der Waals surface area contributed by atoms with Crippen molar-refractivity contribution >= 4 is 39.3 Å². The van der Waals surface area contributed by atoms with Crippen molar-refractivity contribution in [3.8, 4) is 0 Å². The first-order valence-corrected chi connectivity index (χ1v) is 6.84. The van der Waals surface area contributed by atoms with E-state index in [1.165, 1.54) is 12.1 Å². The van der Waals surface area contributed by atoms with Crippen molar-refractivity contribution in [2.45, 2.75) is 23.2 Å². The van der Waals surface area contributed by atoms with E-state index in [0.29, 0.717) is 0 Å². The fraction of sp³-hybridized carbons (Fsp3) is 0.400. The summed E-state index contributed by atoms with van der Waals surface area (Å²) in [6, 6.07) is 4.77. The van der Waals surface area contributed by atoms with Gasteiger partial charge in [-0.1, -0.05) is 33.6 Å². The van der Waals surface area contributed by atoms with Crippen LogP contribution in [0.4, 0.5) is 13.2 Å². The maximum Gasteiger partial charge on any atom is 0.446 e. The smallest absolute Gasteiger partial charge is 0.160 e. The molecule has 0 bridgehead atoms. The molecule has 6 heteroatoms. The fourth-order valence-corrected chi connectivity index (χ4v) is 2.32. The van der Waals surface area contributed by atoms with Crippen LogP contribution in [0.25, 0.3) is 0 Å². The zero-order chi connectivity index (χ0) is 12.2. The molecular formula is C10H9BrClF3S. The Labute approximate surface area is 110 Å². The van der Waals surface area contributed by atoms with E-state index in [2.05, 4.69) is 15.9 Å². The highest BCUT2D eigenvalue weighted by atomic mass is 79.9. The fourth-order valence-electron chi connectivity index (χ4n) is 1.18. The monoisotopic (exact) mass is 332 g/mol. The molecule has 16 heavy (non-hydrogen) atoms. The molecule has 0 aliphatic heterocycles. The number of alkyl halides is 4. The van der Waals surface area contributed by atoms with Crippen LogP contribution in [-0.4, -0.2) is 10.8 Å². The van der Waals surface area contributed by atoms with Gasteiger partial charge in [0, 0.05) is 10.2 Å². The van der Waals surface area contributed by atoms with Gasteiger partial charge in [0.2, 0.25) is 0 Å². The average Bonchev–Trinajstić information content (AvgIpc) is 2.17. The van der Waals surface area contributed by atoms with E-state index in [1.807, 2.05) is 0 Å². The summed E-state index contributed by atoms with van der Waals surface area (Å²) in [7, 11) is 0. The highest BCUT2D eigenvalue weighted by molar-refractivity contribution is 9.09. The Morgan fingerprint density at radius 2 is 2.00 bits per heavy atom. The Hall–Kier alpha value is 0.130. The summed E-state index contributed by atoms with van der Waals surface area (Å²) in [6.45, 7) is 0. The van der Waals surface area contributed by atoms with Crippen LogP contribution in [0.3, 0.4) is 0 Å². The van der Waals surface area contributed by atoms with E-state index in [4.69, 9.17) is 11.6 Å². The van der Waals surface area contributed by atoms with Gasteiger partial charge >= 0.3 is 5.51 Å². The van der Waals surface area contributed by atoms with Crippen molar-refractivity contribution in [3.63, 3.8) is 0 Å². The lowest BCUT2D eigenvalue weighted by molar-refractivity contribution is -0.0328. The summed E-state index contributed by atoms with van der Waals surface area (Å²) in [6.07, 6.45) is 1.63. The minimum Gasteiger partial charge on any atom is -0.160 e. The second kappa shape index (κ2) is 6.17. The van der Waals surface area contributed by atoms with Crippen LogP contribution < -0.4 is 0 Å². The molecule has 0 unspecified atom stereocenters. The quantitative estimate of drug-likeness (QED) is 0.533. The van der Waals surface area contributed by atoms with Gasteiger partial charge in [-0.05, 0) is 42.3 Å². The van der Waals surface area contributed by atoms with Crippen LogP contribution in [0.15, 0.2) is 23.1 Å². The van der Waals surface area contributed by atoms with Crippen LogP contribution in [0.5, 0.6) is 0 Å². The van der Waals surface area contributed by atoms with E-state index < -0.39 is 5.51 Å². The maximum atomic E-state index is 12.2. The Balaban J connectivity index is 2.82.